The lowest BCUT2D eigenvalue weighted by atomic mass is 9.72. The van der Waals surface area contributed by atoms with E-state index in [1.807, 2.05) is 30.5 Å². The first-order valence-electron chi connectivity index (χ1n) is 16.1. The Balaban J connectivity index is 1.32. The van der Waals surface area contributed by atoms with Gasteiger partial charge >= 0.3 is 0 Å². The van der Waals surface area contributed by atoms with E-state index in [-0.39, 0.29) is 18.0 Å². The van der Waals surface area contributed by atoms with Gasteiger partial charge in [-0.15, -0.1) is 0 Å². The Kier molecular flexibility index (Phi) is 8.65. The highest BCUT2D eigenvalue weighted by Crippen LogP contribution is 2.43. The van der Waals surface area contributed by atoms with Crippen molar-refractivity contribution in [2.75, 3.05) is 20.2 Å². The molecule has 4 heterocycles. The van der Waals surface area contributed by atoms with Crippen LogP contribution in [-0.2, 0) is 0 Å². The minimum Gasteiger partial charge on any atom is -0.497 e. The van der Waals surface area contributed by atoms with Gasteiger partial charge in [-0.05, 0) is 91.0 Å². The standard InChI is InChI=1S/C39H40N3O2P/c1-3-27-26-42-23-21-28(27)24-36(42)38(32-20-22-40-35-19-18-29(44-2)25-34(32)35)41-39(43)33-16-10-11-17-37(33)45(30-12-6-4-7-13-30)31-14-8-5-9-15-31/h4-20,22,25,27-28,36,38H,3,21,23-24,26H2,1-2H3,(H,41,43)/t27?,28?,36-,38?/m0/s1. The van der Waals surface area contributed by atoms with Gasteiger partial charge in [0, 0.05) is 29.7 Å². The van der Waals surface area contributed by atoms with Crippen LogP contribution in [0.1, 0.15) is 48.1 Å². The number of nitrogens with one attached hydrogen (secondary N) is 1. The summed E-state index contributed by atoms with van der Waals surface area (Å²) in [6.45, 7) is 4.49. The predicted octanol–water partition coefficient (Wildman–Crippen LogP) is 6.59. The molecule has 0 aliphatic carbocycles. The third-order valence-electron chi connectivity index (χ3n) is 9.87. The molecule has 1 N–H and O–H groups in total. The molecule has 3 aliphatic heterocycles. The minimum absolute atomic E-state index is 0.0301. The number of carbonyl (C=O) groups excluding carboxylic acids is 1. The van der Waals surface area contributed by atoms with E-state index in [4.69, 9.17) is 4.74 Å². The summed E-state index contributed by atoms with van der Waals surface area (Å²) in [7, 11) is 0.757. The highest BCUT2D eigenvalue weighted by Gasteiger charge is 2.43. The molecule has 4 unspecified atom stereocenters. The third-order valence-corrected chi connectivity index (χ3v) is 12.4. The number of amides is 1. The Bertz CT molecular complexity index is 1740. The number of hydrogen-bond donors (Lipinski definition) is 1. The molecule has 0 spiro atoms. The van der Waals surface area contributed by atoms with Crippen LogP contribution in [0, 0.1) is 11.8 Å². The first-order valence-corrected chi connectivity index (χ1v) is 17.5. The largest absolute Gasteiger partial charge is 0.497 e. The van der Waals surface area contributed by atoms with E-state index in [1.165, 1.54) is 23.5 Å². The van der Waals surface area contributed by atoms with Crippen molar-refractivity contribution < 1.29 is 9.53 Å². The van der Waals surface area contributed by atoms with Crippen molar-refractivity contribution in [2.45, 2.75) is 38.3 Å². The van der Waals surface area contributed by atoms with Gasteiger partial charge in [-0.3, -0.25) is 14.7 Å². The lowest BCUT2D eigenvalue weighted by Crippen LogP contribution is -2.57. The Morgan fingerprint density at radius 1 is 0.956 bits per heavy atom. The Hall–Kier alpha value is -4.05. The van der Waals surface area contributed by atoms with Crippen molar-refractivity contribution in [1.29, 1.82) is 0 Å². The van der Waals surface area contributed by atoms with Crippen LogP contribution in [0.2, 0.25) is 0 Å². The first-order chi connectivity index (χ1) is 22.1. The molecule has 1 aromatic heterocycles. The quantitative estimate of drug-likeness (QED) is 0.191. The zero-order chi connectivity index (χ0) is 30.8. The first kappa shape index (κ1) is 29.6. The van der Waals surface area contributed by atoms with Gasteiger partial charge < -0.3 is 10.1 Å². The van der Waals surface area contributed by atoms with E-state index in [0.717, 1.165) is 58.5 Å². The number of aromatic nitrogens is 1. The number of fused-ring (bicyclic) bond motifs is 4. The zero-order valence-corrected chi connectivity index (χ0v) is 26.9. The fourth-order valence-corrected chi connectivity index (χ4v) is 10.0. The van der Waals surface area contributed by atoms with Crippen molar-refractivity contribution in [2.24, 2.45) is 11.8 Å². The van der Waals surface area contributed by atoms with Gasteiger partial charge in [0.2, 0.25) is 0 Å². The number of methoxy groups -OCH3 is 1. The van der Waals surface area contributed by atoms with Gasteiger partial charge in [-0.1, -0.05) is 92.2 Å². The molecular weight excluding hydrogens is 573 g/mol. The van der Waals surface area contributed by atoms with Crippen LogP contribution >= 0.6 is 7.92 Å². The van der Waals surface area contributed by atoms with Crippen LogP contribution < -0.4 is 26.0 Å². The molecule has 45 heavy (non-hydrogen) atoms. The van der Waals surface area contributed by atoms with Crippen molar-refractivity contribution in [3.63, 3.8) is 0 Å². The normalized spacial score (nSPS) is 21.5. The Morgan fingerprint density at radius 3 is 2.33 bits per heavy atom. The van der Waals surface area contributed by atoms with E-state index in [1.54, 1.807) is 7.11 Å². The van der Waals surface area contributed by atoms with E-state index >= 15 is 0 Å². The molecule has 3 fully saturated rings. The van der Waals surface area contributed by atoms with Gasteiger partial charge in [0.05, 0.1) is 18.7 Å². The smallest absolute Gasteiger partial charge is 0.252 e. The lowest BCUT2D eigenvalue weighted by Gasteiger charge is -2.52. The maximum Gasteiger partial charge on any atom is 0.252 e. The molecule has 6 heteroatoms. The molecule has 3 saturated heterocycles. The van der Waals surface area contributed by atoms with Crippen LogP contribution in [-0.4, -0.2) is 42.0 Å². The van der Waals surface area contributed by atoms with Gasteiger partial charge in [0.1, 0.15) is 5.75 Å². The third kappa shape index (κ3) is 5.88. The second kappa shape index (κ2) is 13.1. The summed E-state index contributed by atoms with van der Waals surface area (Å²) in [4.78, 5) is 22.0. The fourth-order valence-electron chi connectivity index (χ4n) is 7.58. The molecule has 5 aromatic rings. The van der Waals surface area contributed by atoms with Crippen LogP contribution in [0.4, 0.5) is 0 Å². The van der Waals surface area contributed by atoms with Crippen molar-refractivity contribution in [3.8, 4) is 5.75 Å². The SMILES string of the molecule is CCC1CN2CCC1C[C@H]2C(NC(=O)c1ccccc1P(c1ccccc1)c1ccccc1)c1ccnc2ccc(OC)cc12. The average molecular weight is 614 g/mol. The fraction of sp³-hybridized carbons (Fsp3) is 0.282. The van der Waals surface area contributed by atoms with E-state index in [0.29, 0.717) is 5.92 Å². The second-order valence-electron chi connectivity index (χ2n) is 12.3. The summed E-state index contributed by atoms with van der Waals surface area (Å²) in [6.07, 6.45) is 5.41. The Morgan fingerprint density at radius 2 is 1.67 bits per heavy atom. The molecule has 5 atom stereocenters. The number of ether oxygens (including phenoxy) is 1. The predicted molar refractivity (Wildman–Crippen MR) is 186 cm³/mol. The summed E-state index contributed by atoms with van der Waals surface area (Å²) in [5.74, 6) is 2.17. The zero-order valence-electron chi connectivity index (χ0n) is 26.0. The van der Waals surface area contributed by atoms with Gasteiger partial charge in [0.25, 0.3) is 5.91 Å². The summed E-state index contributed by atoms with van der Waals surface area (Å²) in [5.41, 5.74) is 2.75. The maximum atomic E-state index is 14.7. The van der Waals surface area contributed by atoms with Crippen LogP contribution in [0.5, 0.6) is 5.75 Å². The number of carbonyl (C=O) groups is 1. The van der Waals surface area contributed by atoms with Crippen molar-refractivity contribution >= 4 is 40.6 Å². The van der Waals surface area contributed by atoms with Crippen LogP contribution in [0.3, 0.4) is 0 Å². The molecule has 3 aliphatic rings. The molecule has 1 amide bonds. The molecule has 8 rings (SSSR count). The average Bonchev–Trinajstić information content (AvgIpc) is 3.11. The van der Waals surface area contributed by atoms with Gasteiger partial charge in [-0.2, -0.15) is 0 Å². The highest BCUT2D eigenvalue weighted by molar-refractivity contribution is 7.80. The topological polar surface area (TPSA) is 54.5 Å². The monoisotopic (exact) mass is 613 g/mol. The van der Waals surface area contributed by atoms with Crippen LogP contribution in [0.25, 0.3) is 10.9 Å². The molecule has 228 valence electrons. The van der Waals surface area contributed by atoms with Gasteiger partial charge in [-0.25, -0.2) is 0 Å². The van der Waals surface area contributed by atoms with E-state index in [2.05, 4.69) is 107 Å². The summed E-state index contributed by atoms with van der Waals surface area (Å²) in [5, 5.41) is 8.18. The van der Waals surface area contributed by atoms with Gasteiger partial charge in [0.15, 0.2) is 0 Å². The summed E-state index contributed by atoms with van der Waals surface area (Å²) in [6, 6.07) is 37.5. The Labute approximate surface area is 267 Å². The van der Waals surface area contributed by atoms with E-state index < -0.39 is 7.92 Å². The number of benzene rings is 4. The lowest BCUT2D eigenvalue weighted by molar-refractivity contribution is -0.0152. The molecular formula is C39H40N3O2P. The van der Waals surface area contributed by atoms with Crippen molar-refractivity contribution in [3.05, 3.63) is 127 Å². The minimum atomic E-state index is -0.939. The number of nitrogens with zero attached hydrogens (tertiary/aromatic N) is 2. The number of pyridine rings is 1. The molecule has 2 bridgehead atoms. The van der Waals surface area contributed by atoms with Crippen molar-refractivity contribution in [1.82, 2.24) is 15.2 Å². The summed E-state index contributed by atoms with van der Waals surface area (Å²) < 4.78 is 5.63. The summed E-state index contributed by atoms with van der Waals surface area (Å²) >= 11 is 0. The number of piperidine rings is 3. The molecule has 4 aromatic carbocycles. The van der Waals surface area contributed by atoms with Crippen LogP contribution in [0.15, 0.2) is 115 Å². The van der Waals surface area contributed by atoms with E-state index in [9.17, 15) is 4.79 Å². The number of rotatable bonds is 9. The molecule has 0 saturated carbocycles. The highest BCUT2D eigenvalue weighted by atomic mass is 31.1. The second-order valence-corrected chi connectivity index (χ2v) is 14.5. The maximum absolute atomic E-state index is 14.7. The number of hydrogen-bond acceptors (Lipinski definition) is 4. The molecule has 0 radical (unpaired) electrons. The molecule has 5 nitrogen and oxygen atoms in total.